The summed E-state index contributed by atoms with van der Waals surface area (Å²) in [5, 5.41) is 0. The van der Waals surface area contributed by atoms with Gasteiger partial charge >= 0.3 is 0 Å². The molecule has 3 aromatic rings. The van der Waals surface area contributed by atoms with Crippen molar-refractivity contribution in [3.8, 4) is 17.3 Å². The maximum absolute atomic E-state index is 5.74. The number of aryl methyl sites for hydroxylation is 2. The van der Waals surface area contributed by atoms with Crippen LogP contribution in [0.2, 0.25) is 0 Å². The molecule has 1 aromatic carbocycles. The largest absolute Gasteiger partial charge is 0.477 e. The molecule has 3 rings (SSSR count). The summed E-state index contributed by atoms with van der Waals surface area (Å²) in [6.45, 7) is 4.44. The fourth-order valence-corrected chi connectivity index (χ4v) is 2.23. The van der Waals surface area contributed by atoms with Gasteiger partial charge in [0, 0.05) is 23.7 Å². The lowest BCUT2D eigenvalue weighted by atomic mass is 10.2. The Morgan fingerprint density at radius 3 is 2.64 bits per heavy atom. The van der Waals surface area contributed by atoms with E-state index >= 15 is 0 Å². The molecule has 0 spiro atoms. The van der Waals surface area contributed by atoms with Crippen LogP contribution in [0.25, 0.3) is 11.5 Å². The standard InChI is InChI=1S/C18H18N2O2/c1-13-7-6-11-19-17(13)21-12-10-16-14(2)22-18(20-16)15-8-4-3-5-9-15/h3-9,11H,10,12H2,1-2H3. The molecule has 2 heterocycles. The summed E-state index contributed by atoms with van der Waals surface area (Å²) in [5.41, 5.74) is 2.94. The Kier molecular flexibility index (Phi) is 4.19. The quantitative estimate of drug-likeness (QED) is 0.714. The fraction of sp³-hybridized carbons (Fsp3) is 0.222. The van der Waals surface area contributed by atoms with Gasteiger partial charge in [0.2, 0.25) is 11.8 Å². The summed E-state index contributed by atoms with van der Waals surface area (Å²) in [6, 6.07) is 13.8. The first-order valence-electron chi connectivity index (χ1n) is 7.30. The first-order valence-corrected chi connectivity index (χ1v) is 7.30. The summed E-state index contributed by atoms with van der Waals surface area (Å²) >= 11 is 0. The van der Waals surface area contributed by atoms with Gasteiger partial charge in [0.15, 0.2) is 0 Å². The van der Waals surface area contributed by atoms with Crippen molar-refractivity contribution in [3.63, 3.8) is 0 Å². The van der Waals surface area contributed by atoms with Crippen LogP contribution in [0.4, 0.5) is 0 Å². The Morgan fingerprint density at radius 2 is 1.86 bits per heavy atom. The van der Waals surface area contributed by atoms with Crippen molar-refractivity contribution in [2.45, 2.75) is 20.3 Å². The smallest absolute Gasteiger partial charge is 0.226 e. The van der Waals surface area contributed by atoms with Gasteiger partial charge in [0.1, 0.15) is 5.76 Å². The van der Waals surface area contributed by atoms with Gasteiger partial charge in [-0.05, 0) is 32.0 Å². The van der Waals surface area contributed by atoms with E-state index in [2.05, 4.69) is 9.97 Å². The molecule has 22 heavy (non-hydrogen) atoms. The molecule has 0 aliphatic heterocycles. The second-order valence-electron chi connectivity index (χ2n) is 5.11. The first-order chi connectivity index (χ1) is 10.7. The predicted molar refractivity (Wildman–Crippen MR) is 84.8 cm³/mol. The summed E-state index contributed by atoms with van der Waals surface area (Å²) < 4.78 is 11.5. The third kappa shape index (κ3) is 3.17. The van der Waals surface area contributed by atoms with Crippen LogP contribution in [-0.2, 0) is 6.42 Å². The molecule has 0 aliphatic rings. The second-order valence-corrected chi connectivity index (χ2v) is 5.11. The lowest BCUT2D eigenvalue weighted by Gasteiger charge is -2.06. The SMILES string of the molecule is Cc1cccnc1OCCc1nc(-c2ccccc2)oc1C. The number of nitrogens with zero attached hydrogens (tertiary/aromatic N) is 2. The van der Waals surface area contributed by atoms with Crippen LogP contribution in [0, 0.1) is 13.8 Å². The van der Waals surface area contributed by atoms with E-state index in [0.29, 0.717) is 24.8 Å². The topological polar surface area (TPSA) is 48.2 Å². The van der Waals surface area contributed by atoms with Gasteiger partial charge in [-0.25, -0.2) is 9.97 Å². The lowest BCUT2D eigenvalue weighted by Crippen LogP contribution is -2.04. The second kappa shape index (κ2) is 6.43. The van der Waals surface area contributed by atoms with Gasteiger partial charge < -0.3 is 9.15 Å². The van der Waals surface area contributed by atoms with Gasteiger partial charge in [-0.3, -0.25) is 0 Å². The fourth-order valence-electron chi connectivity index (χ4n) is 2.23. The van der Waals surface area contributed by atoms with Crippen LogP contribution in [-0.4, -0.2) is 16.6 Å². The molecule has 0 atom stereocenters. The Hall–Kier alpha value is -2.62. The number of aromatic nitrogens is 2. The van der Waals surface area contributed by atoms with Crippen molar-refractivity contribution in [2.24, 2.45) is 0 Å². The van der Waals surface area contributed by atoms with Gasteiger partial charge in [-0.2, -0.15) is 0 Å². The maximum Gasteiger partial charge on any atom is 0.226 e. The Morgan fingerprint density at radius 1 is 1.05 bits per heavy atom. The highest BCUT2D eigenvalue weighted by molar-refractivity contribution is 5.53. The molecule has 0 amide bonds. The zero-order valence-corrected chi connectivity index (χ0v) is 12.7. The van der Waals surface area contributed by atoms with E-state index in [-0.39, 0.29) is 0 Å². The molecule has 0 unspecified atom stereocenters. The molecule has 112 valence electrons. The molecule has 0 radical (unpaired) electrons. The first kappa shape index (κ1) is 14.3. The molecule has 0 N–H and O–H groups in total. The number of hydrogen-bond acceptors (Lipinski definition) is 4. The molecule has 4 heteroatoms. The van der Waals surface area contributed by atoms with Crippen molar-refractivity contribution >= 4 is 0 Å². The molecule has 4 nitrogen and oxygen atoms in total. The highest BCUT2D eigenvalue weighted by Gasteiger charge is 2.11. The van der Waals surface area contributed by atoms with Crippen molar-refractivity contribution in [1.82, 2.24) is 9.97 Å². The molecular formula is C18H18N2O2. The highest BCUT2D eigenvalue weighted by atomic mass is 16.5. The zero-order chi connectivity index (χ0) is 15.4. The van der Waals surface area contributed by atoms with Gasteiger partial charge in [-0.15, -0.1) is 0 Å². The molecule has 0 saturated heterocycles. The highest BCUT2D eigenvalue weighted by Crippen LogP contribution is 2.22. The molecule has 0 fully saturated rings. The van der Waals surface area contributed by atoms with Crippen molar-refractivity contribution in [2.75, 3.05) is 6.61 Å². The lowest BCUT2D eigenvalue weighted by molar-refractivity contribution is 0.305. The Balaban J connectivity index is 1.66. The zero-order valence-electron chi connectivity index (χ0n) is 12.7. The summed E-state index contributed by atoms with van der Waals surface area (Å²) in [4.78, 5) is 8.79. The van der Waals surface area contributed by atoms with E-state index in [9.17, 15) is 0 Å². The van der Waals surface area contributed by atoms with Crippen LogP contribution in [0.15, 0.2) is 53.1 Å². The van der Waals surface area contributed by atoms with Crippen molar-refractivity contribution in [1.29, 1.82) is 0 Å². The van der Waals surface area contributed by atoms with Crippen LogP contribution < -0.4 is 4.74 Å². The number of hydrogen-bond donors (Lipinski definition) is 0. The predicted octanol–water partition coefficient (Wildman–Crippen LogP) is 3.97. The van der Waals surface area contributed by atoms with E-state index in [4.69, 9.17) is 9.15 Å². The Bertz CT molecular complexity index is 751. The van der Waals surface area contributed by atoms with Gasteiger partial charge in [0.05, 0.1) is 12.3 Å². The van der Waals surface area contributed by atoms with E-state index in [1.54, 1.807) is 6.20 Å². The number of oxazole rings is 1. The molecule has 0 aliphatic carbocycles. The summed E-state index contributed by atoms with van der Waals surface area (Å²) in [6.07, 6.45) is 2.43. The molecule has 2 aromatic heterocycles. The third-order valence-electron chi connectivity index (χ3n) is 3.45. The normalized spacial score (nSPS) is 10.6. The number of benzene rings is 1. The minimum absolute atomic E-state index is 0.527. The summed E-state index contributed by atoms with van der Waals surface area (Å²) in [5.74, 6) is 2.16. The van der Waals surface area contributed by atoms with Gasteiger partial charge in [-0.1, -0.05) is 24.3 Å². The van der Waals surface area contributed by atoms with Crippen molar-refractivity contribution < 1.29 is 9.15 Å². The van der Waals surface area contributed by atoms with Crippen molar-refractivity contribution in [3.05, 3.63) is 65.7 Å². The minimum atomic E-state index is 0.527. The maximum atomic E-state index is 5.74. The van der Waals surface area contributed by atoms with E-state index in [1.807, 2.05) is 56.3 Å². The van der Waals surface area contributed by atoms with Gasteiger partial charge in [0.25, 0.3) is 0 Å². The van der Waals surface area contributed by atoms with Crippen LogP contribution in [0.3, 0.4) is 0 Å². The van der Waals surface area contributed by atoms with Crippen LogP contribution in [0.1, 0.15) is 17.0 Å². The number of rotatable bonds is 5. The van der Waals surface area contributed by atoms with Crippen LogP contribution >= 0.6 is 0 Å². The van der Waals surface area contributed by atoms with E-state index in [1.165, 1.54) is 0 Å². The molecular weight excluding hydrogens is 276 g/mol. The summed E-state index contributed by atoms with van der Waals surface area (Å²) in [7, 11) is 0. The van der Waals surface area contributed by atoms with E-state index < -0.39 is 0 Å². The number of ether oxygens (including phenoxy) is 1. The average molecular weight is 294 g/mol. The Labute approximate surface area is 129 Å². The average Bonchev–Trinajstić information content (AvgIpc) is 2.91. The van der Waals surface area contributed by atoms with E-state index in [0.717, 1.165) is 22.6 Å². The minimum Gasteiger partial charge on any atom is -0.477 e. The number of pyridine rings is 1. The monoisotopic (exact) mass is 294 g/mol. The molecule has 0 saturated carbocycles. The molecule has 0 bridgehead atoms. The third-order valence-corrected chi connectivity index (χ3v) is 3.45. The van der Waals surface area contributed by atoms with Crippen LogP contribution in [0.5, 0.6) is 5.88 Å².